The molecule has 2 aliphatic heterocycles. The fourth-order valence-electron chi connectivity index (χ4n) is 3.39. The molecule has 34 heavy (non-hydrogen) atoms. The number of aliphatic hydroxyl groups is 6. The van der Waals surface area contributed by atoms with Crippen molar-refractivity contribution in [2.24, 2.45) is 0 Å². The molecule has 2 saturated heterocycles. The molecule has 1 aromatic rings. The van der Waals surface area contributed by atoms with Gasteiger partial charge in [-0.1, -0.05) is 6.07 Å². The smallest absolute Gasteiger partial charge is 0.330 e. The molecule has 0 saturated carbocycles. The summed E-state index contributed by atoms with van der Waals surface area (Å²) in [6.45, 7) is -1.52. The Labute approximate surface area is 193 Å². The Morgan fingerprint density at radius 2 is 1.91 bits per heavy atom. The number of phenolic OH excluding ortho intramolecular Hbond substituents is 1. The van der Waals surface area contributed by atoms with Gasteiger partial charge in [-0.3, -0.25) is 0 Å². The molecule has 0 radical (unpaired) electrons. The van der Waals surface area contributed by atoms with Gasteiger partial charge in [0, 0.05) is 6.08 Å². The minimum absolute atomic E-state index is 0.0639. The number of ether oxygens (including phenoxy) is 5. The molecule has 3 rings (SSSR count). The van der Waals surface area contributed by atoms with Crippen LogP contribution in [0.15, 0.2) is 24.3 Å². The predicted molar refractivity (Wildman–Crippen MR) is 110 cm³/mol. The van der Waals surface area contributed by atoms with Crippen molar-refractivity contribution in [3.63, 3.8) is 0 Å². The van der Waals surface area contributed by atoms with E-state index in [9.17, 15) is 40.5 Å². The number of rotatable bonds is 8. The van der Waals surface area contributed by atoms with Gasteiger partial charge in [0.25, 0.3) is 0 Å². The molecular weight excluding hydrogens is 460 g/mol. The maximum Gasteiger partial charge on any atom is 0.330 e. The Morgan fingerprint density at radius 3 is 2.62 bits per heavy atom. The Kier molecular flexibility index (Phi) is 8.46. The predicted octanol–water partition coefficient (Wildman–Crippen LogP) is -2.78. The highest BCUT2D eigenvalue weighted by Crippen LogP contribution is 2.29. The van der Waals surface area contributed by atoms with Gasteiger partial charge in [0.2, 0.25) is 0 Å². The first-order chi connectivity index (χ1) is 16.1. The van der Waals surface area contributed by atoms with Crippen LogP contribution >= 0.6 is 0 Å². The van der Waals surface area contributed by atoms with E-state index in [2.05, 4.69) is 0 Å². The zero-order valence-electron chi connectivity index (χ0n) is 18.1. The van der Waals surface area contributed by atoms with E-state index in [0.29, 0.717) is 5.56 Å². The summed E-state index contributed by atoms with van der Waals surface area (Å²) in [7, 11) is 1.38. The minimum Gasteiger partial charge on any atom is -0.504 e. The molecule has 0 aliphatic carbocycles. The lowest BCUT2D eigenvalue weighted by atomic mass is 9.99. The van der Waals surface area contributed by atoms with Gasteiger partial charge in [0.15, 0.2) is 29.7 Å². The Balaban J connectivity index is 1.49. The molecule has 0 aromatic heterocycles. The van der Waals surface area contributed by atoms with Crippen LogP contribution in [0.5, 0.6) is 11.5 Å². The highest BCUT2D eigenvalue weighted by molar-refractivity contribution is 5.87. The van der Waals surface area contributed by atoms with E-state index in [-0.39, 0.29) is 11.5 Å². The maximum atomic E-state index is 12.0. The third kappa shape index (κ3) is 5.83. The van der Waals surface area contributed by atoms with E-state index < -0.39 is 74.5 Å². The van der Waals surface area contributed by atoms with Crippen molar-refractivity contribution in [2.75, 3.05) is 26.9 Å². The zero-order valence-corrected chi connectivity index (χ0v) is 18.1. The maximum absolute atomic E-state index is 12.0. The third-order valence-corrected chi connectivity index (χ3v) is 5.50. The number of carbonyl (C=O) groups is 1. The van der Waals surface area contributed by atoms with E-state index in [1.54, 1.807) is 0 Å². The van der Waals surface area contributed by atoms with E-state index >= 15 is 0 Å². The van der Waals surface area contributed by atoms with Crippen LogP contribution in [0.25, 0.3) is 6.08 Å². The van der Waals surface area contributed by atoms with Crippen LogP contribution in [-0.2, 0) is 23.7 Å². The molecule has 1 aromatic carbocycles. The fourth-order valence-corrected chi connectivity index (χ4v) is 3.39. The average molecular weight is 488 g/mol. The Hall–Kier alpha value is -2.33. The second-order valence-corrected chi connectivity index (χ2v) is 7.97. The molecule has 8 unspecified atom stereocenters. The van der Waals surface area contributed by atoms with E-state index in [1.807, 2.05) is 0 Å². The van der Waals surface area contributed by atoms with Crippen molar-refractivity contribution in [1.82, 2.24) is 0 Å². The van der Waals surface area contributed by atoms with Gasteiger partial charge in [-0.2, -0.15) is 0 Å². The van der Waals surface area contributed by atoms with Gasteiger partial charge >= 0.3 is 5.97 Å². The lowest BCUT2D eigenvalue weighted by Crippen LogP contribution is -2.59. The average Bonchev–Trinajstić information content (AvgIpc) is 3.11. The van der Waals surface area contributed by atoms with Gasteiger partial charge in [0.05, 0.1) is 20.3 Å². The number of aromatic hydroxyl groups is 1. The van der Waals surface area contributed by atoms with E-state index in [4.69, 9.17) is 23.7 Å². The van der Waals surface area contributed by atoms with Gasteiger partial charge in [-0.05, 0) is 23.8 Å². The van der Waals surface area contributed by atoms with Crippen molar-refractivity contribution in [3.05, 3.63) is 29.8 Å². The Bertz CT molecular complexity index is 876. The third-order valence-electron chi connectivity index (χ3n) is 5.50. The summed E-state index contributed by atoms with van der Waals surface area (Å²) in [5.41, 5.74) is -1.45. The number of methoxy groups -OCH3 is 1. The number of phenols is 1. The topological polar surface area (TPSA) is 205 Å². The normalized spacial score (nSPS) is 36.0. The number of hydrogen-bond donors (Lipinski definition) is 7. The minimum atomic E-state index is -1.99. The molecule has 2 fully saturated rings. The van der Waals surface area contributed by atoms with Crippen molar-refractivity contribution in [1.29, 1.82) is 0 Å². The van der Waals surface area contributed by atoms with Crippen molar-refractivity contribution < 1.29 is 64.2 Å². The number of aliphatic hydroxyl groups excluding tert-OH is 5. The van der Waals surface area contributed by atoms with Crippen molar-refractivity contribution >= 4 is 12.0 Å². The van der Waals surface area contributed by atoms with Gasteiger partial charge in [-0.25, -0.2) is 4.79 Å². The summed E-state index contributed by atoms with van der Waals surface area (Å²) in [4.78, 5) is 12.0. The first-order valence-electron chi connectivity index (χ1n) is 10.3. The number of esters is 1. The monoisotopic (exact) mass is 488 g/mol. The molecule has 8 atom stereocenters. The van der Waals surface area contributed by atoms with Crippen LogP contribution in [0.1, 0.15) is 5.56 Å². The summed E-state index contributed by atoms with van der Waals surface area (Å²) in [5, 5.41) is 69.2. The van der Waals surface area contributed by atoms with Crippen molar-refractivity contribution in [2.45, 2.75) is 48.7 Å². The second-order valence-electron chi connectivity index (χ2n) is 7.97. The summed E-state index contributed by atoms with van der Waals surface area (Å²) in [6.07, 6.45) is -8.53. The first-order valence-corrected chi connectivity index (χ1v) is 10.3. The van der Waals surface area contributed by atoms with Gasteiger partial charge < -0.3 is 59.4 Å². The van der Waals surface area contributed by atoms with Crippen LogP contribution in [0.3, 0.4) is 0 Å². The number of carbonyl (C=O) groups excluding carboxylic acids is 1. The lowest BCUT2D eigenvalue weighted by Gasteiger charge is -2.38. The Morgan fingerprint density at radius 1 is 1.18 bits per heavy atom. The number of hydrogen-bond acceptors (Lipinski definition) is 13. The van der Waals surface area contributed by atoms with Crippen LogP contribution in [0, 0.1) is 0 Å². The molecule has 7 N–H and O–H groups in total. The van der Waals surface area contributed by atoms with E-state index in [0.717, 1.165) is 6.08 Å². The van der Waals surface area contributed by atoms with Crippen LogP contribution in [0.4, 0.5) is 0 Å². The molecule has 2 aliphatic rings. The van der Waals surface area contributed by atoms with Crippen molar-refractivity contribution in [3.8, 4) is 11.5 Å². The molecule has 13 heteroatoms. The SMILES string of the molecule is COc1cc(C=CC(=O)OCC2(O)COC(OCC3OC(O)C(O)C(O)C3O)C2O)ccc1O. The lowest BCUT2D eigenvalue weighted by molar-refractivity contribution is -0.297. The molecule has 2 heterocycles. The largest absolute Gasteiger partial charge is 0.504 e. The summed E-state index contributed by atoms with van der Waals surface area (Å²) in [5.74, 6) is -0.670. The molecular formula is C21H28O13. The molecule has 13 nitrogen and oxygen atoms in total. The number of benzene rings is 1. The van der Waals surface area contributed by atoms with Gasteiger partial charge in [0.1, 0.15) is 37.1 Å². The van der Waals surface area contributed by atoms with Crippen LogP contribution in [0.2, 0.25) is 0 Å². The quantitative estimate of drug-likeness (QED) is 0.146. The summed E-state index contributed by atoms with van der Waals surface area (Å²) >= 11 is 0. The van der Waals surface area contributed by atoms with Crippen LogP contribution in [-0.4, -0.2) is 117 Å². The summed E-state index contributed by atoms with van der Waals surface area (Å²) < 4.78 is 25.4. The van der Waals surface area contributed by atoms with Crippen LogP contribution < -0.4 is 4.74 Å². The zero-order chi connectivity index (χ0) is 25.0. The highest BCUT2D eigenvalue weighted by atomic mass is 16.7. The first kappa shape index (κ1) is 26.3. The highest BCUT2D eigenvalue weighted by Gasteiger charge is 2.51. The van der Waals surface area contributed by atoms with E-state index in [1.165, 1.54) is 31.4 Å². The van der Waals surface area contributed by atoms with Gasteiger partial charge in [-0.15, -0.1) is 0 Å². The second kappa shape index (κ2) is 10.9. The standard InChI is InChI=1S/C21H28O13/c1-30-12-6-10(2-4-11(12)22)3-5-14(23)32-8-21(29)9-33-20(18(21)27)31-7-13-15(24)16(25)17(26)19(28)34-13/h2-6,13,15-20,22,24-29H,7-9H2,1H3. The molecule has 0 spiro atoms. The molecule has 0 amide bonds. The molecule has 190 valence electrons. The fraction of sp³-hybridized carbons (Fsp3) is 0.571. The summed E-state index contributed by atoms with van der Waals surface area (Å²) in [6, 6.07) is 4.42. The molecule has 0 bridgehead atoms.